The summed E-state index contributed by atoms with van der Waals surface area (Å²) < 4.78 is 13.9. The third kappa shape index (κ3) is 4.77. The highest BCUT2D eigenvalue weighted by Crippen LogP contribution is 2.33. The van der Waals surface area contributed by atoms with Gasteiger partial charge in [0.1, 0.15) is 0 Å². The smallest absolute Gasteiger partial charge is 0.249 e. The minimum atomic E-state index is -0.0984. The van der Waals surface area contributed by atoms with E-state index >= 15 is 0 Å². The van der Waals surface area contributed by atoms with Gasteiger partial charge < -0.3 is 14.0 Å². The van der Waals surface area contributed by atoms with Crippen molar-refractivity contribution >= 4 is 39.2 Å². The third-order valence-corrected chi connectivity index (χ3v) is 6.24. The predicted molar refractivity (Wildman–Crippen MR) is 116 cm³/mol. The second-order valence-electron chi connectivity index (χ2n) is 6.13. The summed E-state index contributed by atoms with van der Waals surface area (Å²) in [4.78, 5) is 18.7. The van der Waals surface area contributed by atoms with Crippen LogP contribution in [0.25, 0.3) is 10.2 Å². The average Bonchev–Trinajstić information content (AvgIpc) is 3.04. The normalized spacial score (nSPS) is 11.8. The Morgan fingerprint density at radius 1 is 1.14 bits per heavy atom. The molecule has 0 fully saturated rings. The van der Waals surface area contributed by atoms with Gasteiger partial charge in [0.05, 0.1) is 24.4 Å². The zero-order valence-electron chi connectivity index (χ0n) is 16.3. The van der Waals surface area contributed by atoms with E-state index in [1.54, 1.807) is 26.0 Å². The van der Waals surface area contributed by atoms with Crippen LogP contribution in [0.1, 0.15) is 19.8 Å². The Morgan fingerprint density at radius 3 is 2.54 bits per heavy atom. The molecule has 0 aliphatic rings. The van der Waals surface area contributed by atoms with E-state index < -0.39 is 0 Å². The van der Waals surface area contributed by atoms with Crippen LogP contribution in [0.4, 0.5) is 0 Å². The molecule has 1 aromatic heterocycles. The van der Waals surface area contributed by atoms with Crippen LogP contribution in [0.3, 0.4) is 0 Å². The van der Waals surface area contributed by atoms with Crippen molar-refractivity contribution < 1.29 is 14.3 Å². The molecule has 5 nitrogen and oxygen atoms in total. The van der Waals surface area contributed by atoms with Crippen molar-refractivity contribution in [2.45, 2.75) is 31.2 Å². The minimum Gasteiger partial charge on any atom is -0.493 e. The Balaban J connectivity index is 1.85. The lowest BCUT2D eigenvalue weighted by Gasteiger charge is -2.08. The van der Waals surface area contributed by atoms with Gasteiger partial charge in [-0.1, -0.05) is 36.5 Å². The van der Waals surface area contributed by atoms with Crippen molar-refractivity contribution in [3.05, 3.63) is 47.3 Å². The summed E-state index contributed by atoms with van der Waals surface area (Å²) >= 11 is 3.18. The van der Waals surface area contributed by atoms with E-state index in [1.807, 2.05) is 42.5 Å². The molecular formula is C21H24N2O3S2. The fourth-order valence-corrected chi connectivity index (χ4v) is 4.80. The van der Waals surface area contributed by atoms with Gasteiger partial charge in [-0.2, -0.15) is 4.99 Å². The number of carbonyl (C=O) groups is 1. The van der Waals surface area contributed by atoms with Gasteiger partial charge in [0.2, 0.25) is 5.91 Å². The van der Waals surface area contributed by atoms with E-state index in [0.717, 1.165) is 32.9 Å². The summed E-state index contributed by atoms with van der Waals surface area (Å²) in [5.41, 5.74) is 1.01. The minimum absolute atomic E-state index is 0.0984. The van der Waals surface area contributed by atoms with Crippen LogP contribution in [-0.2, 0) is 11.3 Å². The van der Waals surface area contributed by atoms with Gasteiger partial charge in [-0.3, -0.25) is 4.79 Å². The van der Waals surface area contributed by atoms with Crippen molar-refractivity contribution in [1.29, 1.82) is 0 Å². The molecule has 0 spiro atoms. The summed E-state index contributed by atoms with van der Waals surface area (Å²) in [5, 5.41) is 0. The molecule has 1 amide bonds. The molecule has 148 valence electrons. The van der Waals surface area contributed by atoms with Crippen LogP contribution in [0, 0.1) is 0 Å². The van der Waals surface area contributed by atoms with Crippen LogP contribution in [-0.4, -0.2) is 30.4 Å². The first-order valence-corrected chi connectivity index (χ1v) is 11.0. The number of aromatic nitrogens is 1. The molecule has 0 bridgehead atoms. The molecule has 0 aliphatic carbocycles. The maximum atomic E-state index is 12.4. The lowest BCUT2D eigenvalue weighted by molar-refractivity contribution is -0.117. The lowest BCUT2D eigenvalue weighted by atomic mass is 10.3. The number of rotatable bonds is 8. The maximum Gasteiger partial charge on any atom is 0.249 e. The van der Waals surface area contributed by atoms with Crippen molar-refractivity contribution in [3.63, 3.8) is 0 Å². The van der Waals surface area contributed by atoms with Gasteiger partial charge in [-0.15, -0.1) is 11.8 Å². The third-order valence-electron chi connectivity index (χ3n) is 4.18. The number of aryl methyl sites for hydroxylation is 1. The first kappa shape index (κ1) is 20.5. The highest BCUT2D eigenvalue weighted by Gasteiger charge is 2.13. The largest absolute Gasteiger partial charge is 0.493 e. The highest BCUT2D eigenvalue weighted by molar-refractivity contribution is 7.99. The number of amides is 1. The molecular weight excluding hydrogens is 392 g/mol. The first-order chi connectivity index (χ1) is 13.7. The SMILES string of the molecule is CCCn1c(=NC(=O)CCSc2ccccc2)sc2cc(OC)c(OC)cc21. The quantitative estimate of drug-likeness (QED) is 0.498. The molecule has 1 heterocycles. The highest BCUT2D eigenvalue weighted by atomic mass is 32.2. The van der Waals surface area contributed by atoms with Crippen LogP contribution in [0.2, 0.25) is 0 Å². The monoisotopic (exact) mass is 416 g/mol. The van der Waals surface area contributed by atoms with Crippen LogP contribution in [0.15, 0.2) is 52.4 Å². The topological polar surface area (TPSA) is 52.8 Å². The summed E-state index contributed by atoms with van der Waals surface area (Å²) in [5.74, 6) is 1.97. The average molecular weight is 417 g/mol. The van der Waals surface area contributed by atoms with Gasteiger partial charge in [0, 0.05) is 35.7 Å². The Hall–Kier alpha value is -2.25. The Labute approximate surface area is 173 Å². The molecule has 7 heteroatoms. The molecule has 2 aromatic carbocycles. The first-order valence-electron chi connectivity index (χ1n) is 9.17. The molecule has 3 aromatic rings. The Kier molecular flexibility index (Phi) is 7.17. The number of hydrogen-bond donors (Lipinski definition) is 0. The lowest BCUT2D eigenvalue weighted by Crippen LogP contribution is -2.17. The molecule has 3 rings (SSSR count). The van der Waals surface area contributed by atoms with E-state index in [-0.39, 0.29) is 5.91 Å². The van der Waals surface area contributed by atoms with Crippen LogP contribution in [0.5, 0.6) is 11.5 Å². The number of nitrogens with zero attached hydrogens (tertiary/aromatic N) is 2. The van der Waals surface area contributed by atoms with Crippen LogP contribution >= 0.6 is 23.1 Å². The predicted octanol–water partition coefficient (Wildman–Crippen LogP) is 4.74. The van der Waals surface area contributed by atoms with E-state index in [2.05, 4.69) is 16.5 Å². The molecule has 0 radical (unpaired) electrons. The number of fused-ring (bicyclic) bond motifs is 1. The summed E-state index contributed by atoms with van der Waals surface area (Å²) in [7, 11) is 3.25. The Bertz CT molecular complexity index is 1010. The fraction of sp³-hybridized carbons (Fsp3) is 0.333. The van der Waals surface area contributed by atoms with E-state index in [4.69, 9.17) is 9.47 Å². The maximum absolute atomic E-state index is 12.4. The van der Waals surface area contributed by atoms with Crippen molar-refractivity contribution in [3.8, 4) is 11.5 Å². The van der Waals surface area contributed by atoms with Crippen molar-refractivity contribution in [2.75, 3.05) is 20.0 Å². The van der Waals surface area contributed by atoms with Crippen molar-refractivity contribution in [1.82, 2.24) is 4.57 Å². The van der Waals surface area contributed by atoms with Gasteiger partial charge in [-0.25, -0.2) is 0 Å². The molecule has 0 N–H and O–H groups in total. The van der Waals surface area contributed by atoms with Gasteiger partial charge in [0.25, 0.3) is 0 Å². The van der Waals surface area contributed by atoms with Gasteiger partial charge >= 0.3 is 0 Å². The van der Waals surface area contributed by atoms with E-state index in [9.17, 15) is 4.79 Å². The standard InChI is InChI=1S/C21H24N2O3S2/c1-4-11-23-16-13-17(25-2)18(26-3)14-19(16)28-21(23)22-20(24)10-12-27-15-8-6-5-7-9-15/h5-9,13-14H,4,10-12H2,1-3H3. The molecule has 28 heavy (non-hydrogen) atoms. The number of thiazole rings is 1. The molecule has 0 saturated carbocycles. The summed E-state index contributed by atoms with van der Waals surface area (Å²) in [6, 6.07) is 14.0. The zero-order chi connectivity index (χ0) is 19.9. The summed E-state index contributed by atoms with van der Waals surface area (Å²) in [6.45, 7) is 2.90. The Morgan fingerprint density at radius 2 is 1.86 bits per heavy atom. The second-order valence-corrected chi connectivity index (χ2v) is 8.31. The van der Waals surface area contributed by atoms with E-state index in [0.29, 0.717) is 23.7 Å². The summed E-state index contributed by atoms with van der Waals surface area (Å²) in [6.07, 6.45) is 1.36. The zero-order valence-corrected chi connectivity index (χ0v) is 17.9. The number of methoxy groups -OCH3 is 2. The van der Waals surface area contributed by atoms with Gasteiger partial charge in [-0.05, 0) is 18.6 Å². The number of ether oxygens (including phenoxy) is 2. The number of hydrogen-bond acceptors (Lipinski definition) is 5. The fourth-order valence-electron chi connectivity index (χ4n) is 2.86. The molecule has 0 unspecified atom stereocenters. The van der Waals surface area contributed by atoms with E-state index in [1.165, 1.54) is 11.3 Å². The number of benzene rings is 2. The number of carbonyl (C=O) groups excluding carboxylic acids is 1. The molecule has 0 atom stereocenters. The molecule has 0 saturated heterocycles. The van der Waals surface area contributed by atoms with Gasteiger partial charge in [0.15, 0.2) is 16.3 Å². The van der Waals surface area contributed by atoms with Crippen LogP contribution < -0.4 is 14.3 Å². The second kappa shape index (κ2) is 9.80. The number of thioether (sulfide) groups is 1. The van der Waals surface area contributed by atoms with Crippen molar-refractivity contribution in [2.24, 2.45) is 4.99 Å². The molecule has 0 aliphatic heterocycles.